The Bertz CT molecular complexity index is 909. The highest BCUT2D eigenvalue weighted by Gasteiger charge is 2.46. The number of rotatable bonds is 2. The monoisotopic (exact) mass is 379 g/mol. The Morgan fingerprint density at radius 2 is 1.93 bits per heavy atom. The Balaban J connectivity index is 1.49. The summed E-state index contributed by atoms with van der Waals surface area (Å²) in [7, 11) is 0. The van der Waals surface area contributed by atoms with Gasteiger partial charge in [-0.25, -0.2) is 0 Å². The first-order valence-corrected chi connectivity index (χ1v) is 8.37. The number of hydrogen-bond acceptors (Lipinski definition) is 5. The summed E-state index contributed by atoms with van der Waals surface area (Å²) >= 11 is 0. The highest BCUT2D eigenvalue weighted by Crippen LogP contribution is 2.32. The van der Waals surface area contributed by atoms with Gasteiger partial charge < -0.3 is 14.3 Å². The summed E-state index contributed by atoms with van der Waals surface area (Å²) in [6.45, 7) is 1.68. The average Bonchev–Trinajstić information content (AvgIpc) is 3.25. The fraction of sp³-hybridized carbons (Fsp3) is 0.412. The van der Waals surface area contributed by atoms with E-state index in [9.17, 15) is 18.0 Å². The van der Waals surface area contributed by atoms with Crippen molar-refractivity contribution in [2.24, 2.45) is 5.16 Å². The van der Waals surface area contributed by atoms with E-state index >= 15 is 0 Å². The van der Waals surface area contributed by atoms with Gasteiger partial charge in [0.05, 0.1) is 12.3 Å². The van der Waals surface area contributed by atoms with Gasteiger partial charge >= 0.3 is 6.18 Å². The Morgan fingerprint density at radius 1 is 1.19 bits per heavy atom. The number of carbonyl (C=O) groups is 1. The lowest BCUT2D eigenvalue weighted by Gasteiger charge is -2.33. The van der Waals surface area contributed by atoms with Crippen molar-refractivity contribution in [1.82, 2.24) is 19.7 Å². The van der Waals surface area contributed by atoms with Gasteiger partial charge in [0.2, 0.25) is 11.4 Å². The van der Waals surface area contributed by atoms with Crippen molar-refractivity contribution in [3.63, 3.8) is 0 Å². The zero-order valence-corrected chi connectivity index (χ0v) is 14.4. The zero-order chi connectivity index (χ0) is 19.2. The minimum atomic E-state index is -4.57. The number of nitrogens with zero attached hydrogens (tertiary/aromatic N) is 5. The van der Waals surface area contributed by atoms with Crippen LogP contribution >= 0.6 is 0 Å². The molecule has 0 saturated carbocycles. The summed E-state index contributed by atoms with van der Waals surface area (Å²) in [5.74, 6) is -1.27. The average molecular weight is 379 g/mol. The third-order valence-corrected chi connectivity index (χ3v) is 4.72. The van der Waals surface area contributed by atoms with Crippen molar-refractivity contribution in [3.05, 3.63) is 47.5 Å². The van der Waals surface area contributed by atoms with Crippen LogP contribution in [-0.4, -0.2) is 43.4 Å². The first kappa shape index (κ1) is 17.5. The largest absolute Gasteiger partial charge is 0.451 e. The van der Waals surface area contributed by atoms with Crippen LogP contribution in [0.25, 0.3) is 0 Å². The molecule has 27 heavy (non-hydrogen) atoms. The van der Waals surface area contributed by atoms with Crippen molar-refractivity contribution < 1.29 is 22.8 Å². The highest BCUT2D eigenvalue weighted by molar-refractivity contribution is 6.05. The first-order valence-electron chi connectivity index (χ1n) is 8.37. The molecule has 1 amide bonds. The SMILES string of the molecule is CC1(C(=O)N2CCn3c(nnc3C(F)(F)F)C2)CC(c2ccccc2)=NO1. The Hall–Kier alpha value is -2.91. The van der Waals surface area contributed by atoms with E-state index in [1.165, 1.54) is 4.90 Å². The van der Waals surface area contributed by atoms with Gasteiger partial charge in [-0.2, -0.15) is 13.2 Å². The van der Waals surface area contributed by atoms with E-state index in [2.05, 4.69) is 15.4 Å². The predicted molar refractivity (Wildman–Crippen MR) is 87.5 cm³/mol. The van der Waals surface area contributed by atoms with Gasteiger partial charge in [0, 0.05) is 19.5 Å². The topological polar surface area (TPSA) is 72.6 Å². The van der Waals surface area contributed by atoms with Crippen LogP contribution in [0.2, 0.25) is 0 Å². The molecule has 3 heterocycles. The molecular formula is C17H16F3N5O2. The van der Waals surface area contributed by atoms with E-state index in [1.807, 2.05) is 30.3 Å². The Labute approximate surface area is 152 Å². The summed E-state index contributed by atoms with van der Waals surface area (Å²) < 4.78 is 39.8. The standard InChI is InChI=1S/C17H16F3N5O2/c1-16(9-12(23-27-16)11-5-3-2-4-6-11)15(26)24-7-8-25-13(10-24)21-22-14(25)17(18,19)20/h2-6H,7-10H2,1H3. The predicted octanol–water partition coefficient (Wildman–Crippen LogP) is 2.22. The van der Waals surface area contributed by atoms with Crippen molar-refractivity contribution in [2.75, 3.05) is 6.54 Å². The minimum Gasteiger partial charge on any atom is -0.379 e. The lowest BCUT2D eigenvalue weighted by atomic mass is 9.94. The number of benzene rings is 1. The van der Waals surface area contributed by atoms with Crippen LogP contribution in [-0.2, 0) is 28.9 Å². The summed E-state index contributed by atoms with van der Waals surface area (Å²) in [5, 5.41) is 10.9. The molecule has 2 aliphatic rings. The molecule has 1 unspecified atom stereocenters. The third-order valence-electron chi connectivity index (χ3n) is 4.72. The molecule has 7 nitrogen and oxygen atoms in total. The van der Waals surface area contributed by atoms with Crippen LogP contribution in [0.5, 0.6) is 0 Å². The summed E-state index contributed by atoms with van der Waals surface area (Å²) in [6, 6.07) is 9.36. The van der Waals surface area contributed by atoms with Crippen LogP contribution in [0, 0.1) is 0 Å². The van der Waals surface area contributed by atoms with E-state index < -0.39 is 17.6 Å². The van der Waals surface area contributed by atoms with Gasteiger partial charge in [0.25, 0.3) is 5.91 Å². The number of halogens is 3. The normalized spacial score (nSPS) is 22.2. The molecule has 0 N–H and O–H groups in total. The van der Waals surface area contributed by atoms with Gasteiger partial charge in [0.1, 0.15) is 0 Å². The highest BCUT2D eigenvalue weighted by atomic mass is 19.4. The number of fused-ring (bicyclic) bond motifs is 1. The number of alkyl halides is 3. The summed E-state index contributed by atoms with van der Waals surface area (Å²) in [6.07, 6.45) is -4.29. The van der Waals surface area contributed by atoms with Crippen LogP contribution in [0.3, 0.4) is 0 Å². The third kappa shape index (κ3) is 3.04. The molecule has 142 valence electrons. The lowest BCUT2D eigenvalue weighted by Crippen LogP contribution is -2.50. The molecule has 0 aliphatic carbocycles. The van der Waals surface area contributed by atoms with Crippen LogP contribution in [0.15, 0.2) is 35.5 Å². The Kier molecular flexibility index (Phi) is 3.93. The quantitative estimate of drug-likeness (QED) is 0.802. The second-order valence-electron chi connectivity index (χ2n) is 6.72. The maximum absolute atomic E-state index is 13.0. The maximum atomic E-state index is 13.0. The van der Waals surface area contributed by atoms with Crippen LogP contribution in [0.1, 0.15) is 30.6 Å². The first-order chi connectivity index (χ1) is 12.8. The van der Waals surface area contributed by atoms with Gasteiger partial charge in [-0.1, -0.05) is 35.5 Å². The molecule has 0 fully saturated rings. The minimum absolute atomic E-state index is 0.0224. The zero-order valence-electron chi connectivity index (χ0n) is 14.4. The summed E-state index contributed by atoms with van der Waals surface area (Å²) in [4.78, 5) is 19.8. The lowest BCUT2D eigenvalue weighted by molar-refractivity contribution is -0.155. The van der Waals surface area contributed by atoms with Gasteiger partial charge in [-0.15, -0.1) is 10.2 Å². The van der Waals surface area contributed by atoms with Crippen LogP contribution in [0.4, 0.5) is 13.2 Å². The Morgan fingerprint density at radius 3 is 2.63 bits per heavy atom. The number of carbonyl (C=O) groups excluding carboxylic acids is 1. The molecule has 0 bridgehead atoms. The smallest absolute Gasteiger partial charge is 0.379 e. The number of hydrogen-bond donors (Lipinski definition) is 0. The van der Waals surface area contributed by atoms with E-state index in [-0.39, 0.29) is 37.8 Å². The van der Waals surface area contributed by atoms with Crippen molar-refractivity contribution in [1.29, 1.82) is 0 Å². The van der Waals surface area contributed by atoms with E-state index in [1.54, 1.807) is 6.92 Å². The second kappa shape index (κ2) is 6.07. The fourth-order valence-electron chi connectivity index (χ4n) is 3.32. The molecule has 0 radical (unpaired) electrons. The van der Waals surface area contributed by atoms with Gasteiger partial charge in [-0.3, -0.25) is 4.79 Å². The molecule has 4 rings (SSSR count). The number of amides is 1. The van der Waals surface area contributed by atoms with Gasteiger partial charge in [-0.05, 0) is 12.5 Å². The second-order valence-corrected chi connectivity index (χ2v) is 6.72. The van der Waals surface area contributed by atoms with E-state index in [0.717, 1.165) is 10.1 Å². The van der Waals surface area contributed by atoms with E-state index in [0.29, 0.717) is 5.71 Å². The number of oxime groups is 1. The molecule has 2 aromatic rings. The van der Waals surface area contributed by atoms with Crippen molar-refractivity contribution in [3.8, 4) is 0 Å². The van der Waals surface area contributed by atoms with Crippen LogP contribution < -0.4 is 0 Å². The molecular weight excluding hydrogens is 363 g/mol. The molecule has 1 aromatic carbocycles. The molecule has 1 aromatic heterocycles. The van der Waals surface area contributed by atoms with Gasteiger partial charge in [0.15, 0.2) is 5.82 Å². The molecule has 10 heteroatoms. The molecule has 0 saturated heterocycles. The van der Waals surface area contributed by atoms with Crippen molar-refractivity contribution in [2.45, 2.75) is 38.2 Å². The van der Waals surface area contributed by atoms with E-state index in [4.69, 9.17) is 4.84 Å². The molecule has 0 spiro atoms. The molecule has 2 aliphatic heterocycles. The molecule has 1 atom stereocenters. The maximum Gasteiger partial charge on any atom is 0.451 e. The number of aromatic nitrogens is 3. The fourth-order valence-corrected chi connectivity index (χ4v) is 3.32. The summed E-state index contributed by atoms with van der Waals surface area (Å²) in [5.41, 5.74) is 0.327. The van der Waals surface area contributed by atoms with Crippen molar-refractivity contribution >= 4 is 11.6 Å².